The van der Waals surface area contributed by atoms with Crippen LogP contribution in [0.5, 0.6) is 11.5 Å². The van der Waals surface area contributed by atoms with Gasteiger partial charge in [-0.05, 0) is 58.3 Å². The summed E-state index contributed by atoms with van der Waals surface area (Å²) >= 11 is 0. The average Bonchev–Trinajstić information content (AvgIpc) is 3.06. The molecule has 0 aliphatic rings. The molecule has 0 aliphatic carbocycles. The highest BCUT2D eigenvalue weighted by molar-refractivity contribution is 7.86. The molecule has 0 radical (unpaired) electrons. The number of hydrogen-bond acceptors (Lipinski definition) is 10. The molecule has 0 saturated heterocycles. The first-order valence-corrected chi connectivity index (χ1v) is 17.0. The van der Waals surface area contributed by atoms with E-state index in [1.807, 2.05) is 24.3 Å². The number of aromatic hydroxyl groups is 2. The molecule has 0 aromatic heterocycles. The van der Waals surface area contributed by atoms with Crippen LogP contribution in [-0.2, 0) is 20.2 Å². The minimum Gasteiger partial charge on any atom is -0.506 e. The zero-order chi connectivity index (χ0) is 34.1. The Bertz CT molecular complexity index is 2500. The Morgan fingerprint density at radius 2 is 1.12 bits per heavy atom. The molecule has 12 nitrogen and oxygen atoms in total. The first kappa shape index (κ1) is 32.2. The van der Waals surface area contributed by atoms with E-state index in [1.165, 1.54) is 48.6 Å². The molecule has 0 aliphatic heterocycles. The average molecular weight is 683 g/mol. The molecule has 6 rings (SSSR count). The Balaban J connectivity index is 1.30. The lowest BCUT2D eigenvalue weighted by molar-refractivity contribution is 0.477. The smallest absolute Gasteiger partial charge is 0.295 e. The maximum Gasteiger partial charge on any atom is 0.295 e. The summed E-state index contributed by atoms with van der Waals surface area (Å²) in [6, 6.07) is 28.8. The summed E-state index contributed by atoms with van der Waals surface area (Å²) in [5.41, 5.74) is 6.47. The predicted molar refractivity (Wildman–Crippen MR) is 184 cm³/mol. The van der Waals surface area contributed by atoms with Crippen LogP contribution >= 0.6 is 0 Å². The summed E-state index contributed by atoms with van der Waals surface area (Å²) in [6.07, 6.45) is 2.51. The number of anilines is 2. The molecular formula is C34H26N4O8S2. The van der Waals surface area contributed by atoms with Gasteiger partial charge in [0.15, 0.2) is 0 Å². The molecule has 14 heteroatoms. The number of rotatable bonds is 9. The molecule has 0 heterocycles. The van der Waals surface area contributed by atoms with E-state index in [0.717, 1.165) is 22.9 Å². The first-order valence-electron chi connectivity index (χ1n) is 14.1. The fraction of sp³-hybridized carbons (Fsp3) is 0. The fourth-order valence-corrected chi connectivity index (χ4v) is 6.50. The molecule has 0 fully saturated rings. The lowest BCUT2D eigenvalue weighted by Gasteiger charge is -2.15. The molecule has 6 aromatic rings. The van der Waals surface area contributed by atoms with Gasteiger partial charge < -0.3 is 15.6 Å². The predicted octanol–water partition coefficient (Wildman–Crippen LogP) is 7.92. The summed E-state index contributed by atoms with van der Waals surface area (Å²) in [5.74, 6) is -0.185. The topological polar surface area (TPSA) is 198 Å². The zero-order valence-electron chi connectivity index (χ0n) is 24.7. The maximum absolute atomic E-state index is 12.3. The Morgan fingerprint density at radius 3 is 1.79 bits per heavy atom. The molecule has 6 N–H and O–H groups in total. The van der Waals surface area contributed by atoms with Crippen LogP contribution in [0, 0.1) is 0 Å². The van der Waals surface area contributed by atoms with Crippen LogP contribution in [0.1, 0.15) is 11.1 Å². The van der Waals surface area contributed by atoms with Crippen LogP contribution in [0.4, 0.5) is 22.7 Å². The molecule has 0 unspecified atom stereocenters. The minimum atomic E-state index is -4.79. The maximum atomic E-state index is 12.3. The van der Waals surface area contributed by atoms with Crippen molar-refractivity contribution in [1.82, 2.24) is 0 Å². The summed E-state index contributed by atoms with van der Waals surface area (Å²) in [7, 11) is -9.56. The Kier molecular flexibility index (Phi) is 8.56. The van der Waals surface area contributed by atoms with Crippen LogP contribution < -0.4 is 10.9 Å². The third-order valence-electron chi connectivity index (χ3n) is 7.39. The highest BCUT2D eigenvalue weighted by Crippen LogP contribution is 2.37. The number of fused-ring (bicyclic) bond motifs is 2. The number of hydrazine groups is 1. The van der Waals surface area contributed by atoms with Crippen LogP contribution in [0.15, 0.2) is 129 Å². The van der Waals surface area contributed by atoms with Gasteiger partial charge in [0.25, 0.3) is 20.2 Å². The molecule has 0 spiro atoms. The van der Waals surface area contributed by atoms with Crippen molar-refractivity contribution in [2.75, 3.05) is 10.9 Å². The number of nitrogens with zero attached hydrogens (tertiary/aromatic N) is 2. The summed E-state index contributed by atoms with van der Waals surface area (Å²) in [6.45, 7) is 0. The van der Waals surface area contributed by atoms with Gasteiger partial charge in [-0.3, -0.25) is 14.5 Å². The van der Waals surface area contributed by atoms with E-state index in [0.29, 0.717) is 16.5 Å². The Labute approximate surface area is 274 Å². The van der Waals surface area contributed by atoms with Gasteiger partial charge in [-0.15, -0.1) is 5.11 Å². The number of nitrogens with one attached hydrogen (secondary N) is 2. The lowest BCUT2D eigenvalue weighted by Crippen LogP contribution is -2.10. The molecule has 6 aromatic carbocycles. The van der Waals surface area contributed by atoms with Crippen molar-refractivity contribution in [3.8, 4) is 11.5 Å². The second kappa shape index (κ2) is 12.8. The number of azo groups is 1. The number of benzene rings is 6. The summed E-state index contributed by atoms with van der Waals surface area (Å²) in [5, 5.41) is 31.9. The summed E-state index contributed by atoms with van der Waals surface area (Å²) in [4.78, 5) is -1.04. The van der Waals surface area contributed by atoms with Crippen molar-refractivity contribution < 1.29 is 36.2 Å². The SMILES string of the molecule is O=S(=O)(O)c1cc(/N=N/c2c(O)ccc3ccccc23)ccc1/C=C\c1ccc(NNc2c(O)ccc3ccccc23)cc1S(=O)(=O)O. The monoisotopic (exact) mass is 682 g/mol. The zero-order valence-corrected chi connectivity index (χ0v) is 26.3. The van der Waals surface area contributed by atoms with E-state index in [-0.39, 0.29) is 39.7 Å². The van der Waals surface area contributed by atoms with E-state index < -0.39 is 30.0 Å². The molecule has 0 saturated carbocycles. The van der Waals surface area contributed by atoms with Crippen LogP contribution in [0.25, 0.3) is 33.7 Å². The van der Waals surface area contributed by atoms with Gasteiger partial charge in [-0.2, -0.15) is 21.9 Å². The van der Waals surface area contributed by atoms with Crippen molar-refractivity contribution >= 4 is 76.7 Å². The molecule has 48 heavy (non-hydrogen) atoms. The van der Waals surface area contributed by atoms with Crippen molar-refractivity contribution in [3.05, 3.63) is 120 Å². The molecule has 242 valence electrons. The third-order valence-corrected chi connectivity index (χ3v) is 9.21. The second-order valence-electron chi connectivity index (χ2n) is 10.5. The van der Waals surface area contributed by atoms with Crippen LogP contribution in [0.3, 0.4) is 0 Å². The van der Waals surface area contributed by atoms with Crippen molar-refractivity contribution in [2.24, 2.45) is 10.2 Å². The van der Waals surface area contributed by atoms with Gasteiger partial charge in [0.2, 0.25) is 0 Å². The van der Waals surface area contributed by atoms with Crippen molar-refractivity contribution in [2.45, 2.75) is 9.79 Å². The fourth-order valence-electron chi connectivity index (χ4n) is 5.08. The van der Waals surface area contributed by atoms with Gasteiger partial charge in [0.1, 0.15) is 32.7 Å². The van der Waals surface area contributed by atoms with E-state index in [1.54, 1.807) is 36.4 Å². The molecular weight excluding hydrogens is 657 g/mol. The van der Waals surface area contributed by atoms with Crippen molar-refractivity contribution in [3.63, 3.8) is 0 Å². The van der Waals surface area contributed by atoms with Gasteiger partial charge >= 0.3 is 0 Å². The summed E-state index contributed by atoms with van der Waals surface area (Å²) < 4.78 is 69.3. The van der Waals surface area contributed by atoms with Gasteiger partial charge in [-0.25, -0.2) is 0 Å². The number of phenolic OH excluding ortho intramolecular Hbond substituents is 2. The van der Waals surface area contributed by atoms with Crippen LogP contribution in [0.2, 0.25) is 0 Å². The lowest BCUT2D eigenvalue weighted by atomic mass is 10.1. The van der Waals surface area contributed by atoms with Crippen molar-refractivity contribution in [1.29, 1.82) is 0 Å². The molecule has 0 amide bonds. The van der Waals surface area contributed by atoms with Crippen LogP contribution in [-0.4, -0.2) is 36.2 Å². The molecule has 0 bridgehead atoms. The third kappa shape index (κ3) is 6.82. The highest BCUT2D eigenvalue weighted by atomic mass is 32.2. The quantitative estimate of drug-likeness (QED) is 0.0286. The standard InChI is InChI=1S/C34H26N4O8S2/c39-29-17-13-21-5-1-3-7-27(21)33(29)37-35-25-15-11-23(31(19-25)47(41,42)43)9-10-24-12-16-26(20-32(24)48(44,45)46)36-38-34-28-8-4-2-6-22(28)14-18-30(34)40/h1-20,35,37,39-40H,(H,41,42,43)(H,44,45,46)/b10-9-,38-36+. The van der Waals surface area contributed by atoms with Gasteiger partial charge in [0, 0.05) is 10.8 Å². The molecule has 0 atom stereocenters. The number of hydrogen-bond donors (Lipinski definition) is 6. The number of phenols is 2. The highest BCUT2D eigenvalue weighted by Gasteiger charge is 2.18. The van der Waals surface area contributed by atoms with Gasteiger partial charge in [0.05, 0.1) is 11.4 Å². The normalized spacial score (nSPS) is 12.3. The van der Waals surface area contributed by atoms with E-state index in [2.05, 4.69) is 21.1 Å². The van der Waals surface area contributed by atoms with E-state index in [4.69, 9.17) is 0 Å². The Hall–Kier alpha value is -5.80. The largest absolute Gasteiger partial charge is 0.506 e. The van der Waals surface area contributed by atoms with E-state index >= 15 is 0 Å². The minimum absolute atomic E-state index is 0.00698. The second-order valence-corrected chi connectivity index (χ2v) is 13.3. The Morgan fingerprint density at radius 1 is 0.562 bits per heavy atom. The van der Waals surface area contributed by atoms with E-state index in [9.17, 15) is 36.2 Å². The first-order chi connectivity index (χ1) is 22.9. The van der Waals surface area contributed by atoms with Gasteiger partial charge in [-0.1, -0.05) is 84.9 Å².